The molecule has 0 saturated carbocycles. The molecule has 2 aromatic carbocycles. The Hall–Kier alpha value is -3.22. The lowest BCUT2D eigenvalue weighted by molar-refractivity contribution is -0.155. The van der Waals surface area contributed by atoms with Crippen LogP contribution in [0.3, 0.4) is 0 Å². The van der Waals surface area contributed by atoms with Gasteiger partial charge in [-0.05, 0) is 50.6 Å². The molecule has 0 fully saturated rings. The lowest BCUT2D eigenvalue weighted by Crippen LogP contribution is -2.33. The molecule has 0 atom stereocenters. The number of carbonyl (C=O) groups excluding carboxylic acids is 2. The van der Waals surface area contributed by atoms with Crippen molar-refractivity contribution in [2.24, 2.45) is 5.41 Å². The highest BCUT2D eigenvalue weighted by Crippen LogP contribution is 2.45. The van der Waals surface area contributed by atoms with Crippen LogP contribution in [0.1, 0.15) is 42.2 Å². The minimum absolute atomic E-state index is 0.0604. The first-order valence-electron chi connectivity index (χ1n) is 11.6. The number of benzene rings is 2. The minimum Gasteiger partial charge on any atom is -0.493 e. The van der Waals surface area contributed by atoms with Crippen molar-refractivity contribution in [3.8, 4) is 28.4 Å². The van der Waals surface area contributed by atoms with Gasteiger partial charge >= 0.3 is 11.9 Å². The van der Waals surface area contributed by atoms with Crippen molar-refractivity contribution in [3.63, 3.8) is 0 Å². The highest BCUT2D eigenvalue weighted by Gasteiger charge is 2.32. The van der Waals surface area contributed by atoms with Crippen molar-refractivity contribution in [2.75, 3.05) is 27.3 Å². The van der Waals surface area contributed by atoms with E-state index in [-0.39, 0.29) is 37.1 Å². The second-order valence-electron chi connectivity index (χ2n) is 7.35. The molecule has 0 aliphatic carbocycles. The van der Waals surface area contributed by atoms with Gasteiger partial charge in [-0.3, -0.25) is 4.79 Å². The number of fused-ring (bicyclic) bond motifs is 1. The molecule has 0 bridgehead atoms. The fourth-order valence-electron chi connectivity index (χ4n) is 3.06. The van der Waals surface area contributed by atoms with Gasteiger partial charge in [0.25, 0.3) is 0 Å². The minimum atomic E-state index is -1.76. The van der Waals surface area contributed by atoms with E-state index >= 15 is 0 Å². The zero-order chi connectivity index (χ0) is 25.0. The first-order chi connectivity index (χ1) is 16.0. The Morgan fingerprint density at radius 2 is 1.90 bits per heavy atom. The Bertz CT molecular complexity index is 1070. The molecular formula is C23H26O7. The van der Waals surface area contributed by atoms with Gasteiger partial charge < -0.3 is 23.7 Å². The summed E-state index contributed by atoms with van der Waals surface area (Å²) in [6.45, 7) is 5.17. The molecule has 7 heteroatoms. The molecule has 2 aromatic rings. The maximum Gasteiger partial charge on any atom is 0.338 e. The van der Waals surface area contributed by atoms with Crippen molar-refractivity contribution in [2.45, 2.75) is 27.4 Å². The van der Waals surface area contributed by atoms with E-state index in [1.165, 1.54) is 6.07 Å². The van der Waals surface area contributed by atoms with Crippen LogP contribution in [0.25, 0.3) is 11.1 Å². The fourth-order valence-corrected chi connectivity index (χ4v) is 3.06. The molecule has 0 spiro atoms. The summed E-state index contributed by atoms with van der Waals surface area (Å²) >= 11 is 0. The van der Waals surface area contributed by atoms with Gasteiger partial charge in [0.1, 0.15) is 13.2 Å². The van der Waals surface area contributed by atoms with Crippen LogP contribution in [0.4, 0.5) is 0 Å². The lowest BCUT2D eigenvalue weighted by atomic mass is 9.95. The van der Waals surface area contributed by atoms with Crippen molar-refractivity contribution in [3.05, 3.63) is 41.5 Å². The van der Waals surface area contributed by atoms with Crippen molar-refractivity contribution in [1.29, 1.82) is 0 Å². The molecule has 160 valence electrons. The maximum atomic E-state index is 12.4. The molecule has 1 aliphatic rings. The average Bonchev–Trinajstić information content (AvgIpc) is 3.13. The number of carbonyl (C=O) groups is 2. The molecule has 7 nitrogen and oxygen atoms in total. The van der Waals surface area contributed by atoms with E-state index < -0.39 is 31.5 Å². The summed E-state index contributed by atoms with van der Waals surface area (Å²) in [7, 11) is -3.46. The number of esters is 2. The number of hydrogen-bond donors (Lipinski definition) is 0. The molecule has 0 N–H and O–H groups in total. The second kappa shape index (κ2) is 8.65. The van der Waals surface area contributed by atoms with Gasteiger partial charge in [-0.2, -0.15) is 0 Å². The molecular weight excluding hydrogens is 388 g/mol. The van der Waals surface area contributed by atoms with E-state index in [0.29, 0.717) is 22.3 Å². The summed E-state index contributed by atoms with van der Waals surface area (Å²) in [4.78, 5) is 24.2. The number of methoxy groups -OCH3 is 2. The Labute approximate surface area is 181 Å². The van der Waals surface area contributed by atoms with Crippen molar-refractivity contribution >= 4 is 11.9 Å². The Kier molecular flexibility index (Phi) is 4.78. The van der Waals surface area contributed by atoms with Crippen LogP contribution < -0.4 is 14.2 Å². The van der Waals surface area contributed by atoms with Crippen LogP contribution in [-0.2, 0) is 20.9 Å². The van der Waals surface area contributed by atoms with Gasteiger partial charge in [0.05, 0.1) is 37.2 Å². The van der Waals surface area contributed by atoms with Crippen LogP contribution in [0.15, 0.2) is 30.3 Å². The lowest BCUT2D eigenvalue weighted by Gasteiger charge is -2.25. The first kappa shape index (κ1) is 16.6. The highest BCUT2D eigenvalue weighted by molar-refractivity contribution is 5.94. The topological polar surface area (TPSA) is 80.3 Å². The van der Waals surface area contributed by atoms with E-state index in [0.717, 1.165) is 0 Å². The second-order valence-corrected chi connectivity index (χ2v) is 7.35. The third-order valence-corrected chi connectivity index (χ3v) is 4.72. The third kappa shape index (κ3) is 4.06. The molecule has 0 unspecified atom stereocenters. The van der Waals surface area contributed by atoms with Crippen LogP contribution >= 0.6 is 0 Å². The highest BCUT2D eigenvalue weighted by atomic mass is 16.6. The predicted molar refractivity (Wildman–Crippen MR) is 110 cm³/mol. The number of ether oxygens (including phenoxy) is 5. The van der Waals surface area contributed by atoms with Crippen molar-refractivity contribution in [1.82, 2.24) is 0 Å². The van der Waals surface area contributed by atoms with Crippen molar-refractivity contribution < 1.29 is 38.8 Å². The quantitative estimate of drug-likeness (QED) is 0.599. The Morgan fingerprint density at radius 1 is 1.13 bits per heavy atom. The van der Waals surface area contributed by atoms with E-state index in [2.05, 4.69) is 0 Å². The Morgan fingerprint density at radius 3 is 2.63 bits per heavy atom. The molecule has 3 rings (SSSR count). The SMILES string of the molecule is [2H]C([2H])Oc1ccc(-c2ccc3c(c2)COC3=O)c(OCC(C)(C)C(=O)OCC)c1OC([2H])[2H]. The molecule has 0 saturated heterocycles. The third-order valence-electron chi connectivity index (χ3n) is 4.72. The van der Waals surface area contributed by atoms with Gasteiger partial charge in [-0.15, -0.1) is 0 Å². The van der Waals surface area contributed by atoms with E-state index in [1.54, 1.807) is 45.0 Å². The smallest absolute Gasteiger partial charge is 0.338 e. The summed E-state index contributed by atoms with van der Waals surface area (Å²) < 4.78 is 56.8. The fraction of sp³-hybridized carbons (Fsp3) is 0.391. The number of rotatable bonds is 8. The van der Waals surface area contributed by atoms with Crippen LogP contribution in [0.2, 0.25) is 0 Å². The van der Waals surface area contributed by atoms with Crippen LogP contribution in [0, 0.1) is 5.41 Å². The summed E-state index contributed by atoms with van der Waals surface area (Å²) in [5.74, 6) is -1.04. The average molecular weight is 418 g/mol. The molecule has 1 heterocycles. The molecule has 30 heavy (non-hydrogen) atoms. The van der Waals surface area contributed by atoms with E-state index in [9.17, 15) is 9.59 Å². The molecule has 0 aromatic heterocycles. The molecule has 1 aliphatic heterocycles. The largest absolute Gasteiger partial charge is 0.493 e. The van der Waals surface area contributed by atoms with Gasteiger partial charge in [-0.25, -0.2) is 4.79 Å². The monoisotopic (exact) mass is 418 g/mol. The number of cyclic esters (lactones) is 1. The van der Waals surface area contributed by atoms with Gasteiger partial charge in [-0.1, -0.05) is 6.07 Å². The summed E-state index contributed by atoms with van der Waals surface area (Å²) in [6, 6.07) is 8.12. The van der Waals surface area contributed by atoms with Gasteiger partial charge in [0, 0.05) is 11.1 Å². The maximum absolute atomic E-state index is 12.4. The number of hydrogen-bond acceptors (Lipinski definition) is 7. The molecule has 0 radical (unpaired) electrons. The standard InChI is InChI=1S/C23H26O7/c1-6-28-22(25)23(2,3)13-30-19-16(9-10-18(26-4)20(19)27-5)14-7-8-17-15(11-14)12-29-21(17)24/h7-11H,6,12-13H2,1-5H3/i4D2,5D2. The van der Waals surface area contributed by atoms with Gasteiger partial charge in [0.2, 0.25) is 5.75 Å². The summed E-state index contributed by atoms with van der Waals surface area (Å²) in [6.07, 6.45) is 0. The summed E-state index contributed by atoms with van der Waals surface area (Å²) in [5.41, 5.74) is 1.18. The zero-order valence-electron chi connectivity index (χ0n) is 21.0. The van der Waals surface area contributed by atoms with Crippen LogP contribution in [-0.4, -0.2) is 39.3 Å². The Balaban J connectivity index is 2.11. The van der Waals surface area contributed by atoms with E-state index in [1.807, 2.05) is 0 Å². The predicted octanol–water partition coefficient (Wildman–Crippen LogP) is 4.01. The van der Waals surface area contributed by atoms with Gasteiger partial charge in [0.15, 0.2) is 11.5 Å². The van der Waals surface area contributed by atoms with E-state index in [4.69, 9.17) is 29.2 Å². The molecule has 0 amide bonds. The zero-order valence-corrected chi connectivity index (χ0v) is 17.0. The summed E-state index contributed by atoms with van der Waals surface area (Å²) in [5, 5.41) is 0. The van der Waals surface area contributed by atoms with Crippen LogP contribution in [0.5, 0.6) is 17.2 Å². The normalized spacial score (nSPS) is 14.9. The first-order valence-corrected chi connectivity index (χ1v) is 9.33.